The molecule has 0 spiro atoms. The molecule has 0 fully saturated rings. The Bertz CT molecular complexity index is 417. The van der Waals surface area contributed by atoms with Crippen LogP contribution in [0.4, 0.5) is 17.6 Å². The molecule has 0 N–H and O–H groups in total. The van der Waals surface area contributed by atoms with Crippen molar-refractivity contribution in [3.8, 4) is 0 Å². The van der Waals surface area contributed by atoms with E-state index in [-0.39, 0.29) is 5.56 Å². The Morgan fingerprint density at radius 2 is 1.69 bits per heavy atom. The highest BCUT2D eigenvalue weighted by Gasteiger charge is 2.29. The van der Waals surface area contributed by atoms with Crippen LogP contribution in [0.3, 0.4) is 0 Å². The summed E-state index contributed by atoms with van der Waals surface area (Å²) < 4.78 is 48.9. The second-order valence-corrected chi connectivity index (χ2v) is 2.90. The second-order valence-electron chi connectivity index (χ2n) is 2.90. The van der Waals surface area contributed by atoms with Gasteiger partial charge in [0.05, 0.1) is 5.56 Å². The number of alkyl halides is 3. The molecule has 0 aromatic heterocycles. The van der Waals surface area contributed by atoms with Gasteiger partial charge in [0.1, 0.15) is 11.8 Å². The highest BCUT2D eigenvalue weighted by molar-refractivity contribution is 5.87. The highest BCUT2D eigenvalue weighted by atomic mass is 19.4. The van der Waals surface area contributed by atoms with Crippen molar-refractivity contribution in [1.82, 2.24) is 0 Å². The Balaban J connectivity index is 2.97. The van der Waals surface area contributed by atoms with E-state index in [2.05, 4.69) is 0 Å². The van der Waals surface area contributed by atoms with Gasteiger partial charge in [-0.2, -0.15) is 13.2 Å². The minimum atomic E-state index is -4.48. The standard InChI is InChI=1S/C10H6F4O2/c11-8(9(15)16)5-6-1-3-7(4-2-6)10(12,13)14/h1-5H,(H,15,16)/p-1. The van der Waals surface area contributed by atoms with Gasteiger partial charge < -0.3 is 9.90 Å². The summed E-state index contributed by atoms with van der Waals surface area (Å²) in [6, 6.07) is 3.39. The lowest BCUT2D eigenvalue weighted by Gasteiger charge is -2.06. The van der Waals surface area contributed by atoms with E-state index in [0.29, 0.717) is 6.08 Å². The van der Waals surface area contributed by atoms with Crippen molar-refractivity contribution in [3.63, 3.8) is 0 Å². The average Bonchev–Trinajstić information content (AvgIpc) is 2.17. The van der Waals surface area contributed by atoms with Gasteiger partial charge in [-0.3, -0.25) is 0 Å². The molecule has 0 unspecified atom stereocenters. The van der Waals surface area contributed by atoms with Crippen molar-refractivity contribution in [1.29, 1.82) is 0 Å². The molecular weight excluding hydrogens is 228 g/mol. The number of benzene rings is 1. The van der Waals surface area contributed by atoms with Crippen molar-refractivity contribution in [2.45, 2.75) is 6.18 Å². The molecule has 16 heavy (non-hydrogen) atoms. The highest BCUT2D eigenvalue weighted by Crippen LogP contribution is 2.29. The van der Waals surface area contributed by atoms with Crippen LogP contribution >= 0.6 is 0 Å². The van der Waals surface area contributed by atoms with E-state index in [1.165, 1.54) is 0 Å². The molecule has 0 amide bonds. The topological polar surface area (TPSA) is 40.1 Å². The zero-order valence-electron chi connectivity index (χ0n) is 7.72. The van der Waals surface area contributed by atoms with Crippen LogP contribution in [0.1, 0.15) is 11.1 Å². The third kappa shape index (κ3) is 3.08. The number of carbonyl (C=O) groups is 1. The van der Waals surface area contributed by atoms with Gasteiger partial charge in [0.2, 0.25) is 0 Å². The summed E-state index contributed by atoms with van der Waals surface area (Å²) in [5.41, 5.74) is -0.881. The number of carbonyl (C=O) groups excluding carboxylic acids is 1. The van der Waals surface area contributed by atoms with Crippen molar-refractivity contribution in [3.05, 3.63) is 41.2 Å². The maximum absolute atomic E-state index is 12.5. The zero-order chi connectivity index (χ0) is 12.3. The maximum Gasteiger partial charge on any atom is 0.416 e. The molecule has 1 aromatic rings. The van der Waals surface area contributed by atoms with E-state index in [1.807, 2.05) is 0 Å². The predicted molar refractivity (Wildman–Crippen MR) is 45.5 cm³/mol. The van der Waals surface area contributed by atoms with E-state index in [4.69, 9.17) is 0 Å². The van der Waals surface area contributed by atoms with Gasteiger partial charge in [0.25, 0.3) is 0 Å². The van der Waals surface area contributed by atoms with Crippen LogP contribution in [-0.2, 0) is 11.0 Å². The summed E-state index contributed by atoms with van der Waals surface area (Å²) in [5.74, 6) is -3.56. The lowest BCUT2D eigenvalue weighted by Crippen LogP contribution is -2.22. The van der Waals surface area contributed by atoms with Crippen LogP contribution in [0.25, 0.3) is 6.08 Å². The van der Waals surface area contributed by atoms with E-state index < -0.39 is 23.5 Å². The van der Waals surface area contributed by atoms with Gasteiger partial charge >= 0.3 is 6.18 Å². The van der Waals surface area contributed by atoms with E-state index in [9.17, 15) is 27.5 Å². The van der Waals surface area contributed by atoms with Gasteiger partial charge in [0.15, 0.2) is 0 Å². The number of carboxylic acids is 1. The van der Waals surface area contributed by atoms with Crippen LogP contribution in [0, 0.1) is 0 Å². The Morgan fingerprint density at radius 3 is 2.06 bits per heavy atom. The largest absolute Gasteiger partial charge is 0.542 e. The quantitative estimate of drug-likeness (QED) is 0.576. The molecule has 2 nitrogen and oxygen atoms in total. The normalized spacial score (nSPS) is 12.6. The van der Waals surface area contributed by atoms with Crippen molar-refractivity contribution < 1.29 is 27.5 Å². The third-order valence-corrected chi connectivity index (χ3v) is 1.73. The first kappa shape index (κ1) is 12.2. The summed E-state index contributed by atoms with van der Waals surface area (Å²) >= 11 is 0. The van der Waals surface area contributed by atoms with Crippen molar-refractivity contribution in [2.24, 2.45) is 0 Å². The molecule has 1 rings (SSSR count). The van der Waals surface area contributed by atoms with E-state index in [1.54, 1.807) is 0 Å². The average molecular weight is 233 g/mol. The fourth-order valence-electron chi connectivity index (χ4n) is 0.974. The monoisotopic (exact) mass is 233 g/mol. The first-order valence-corrected chi connectivity index (χ1v) is 4.06. The fourth-order valence-corrected chi connectivity index (χ4v) is 0.974. The van der Waals surface area contributed by atoms with Crippen molar-refractivity contribution in [2.75, 3.05) is 0 Å². The molecule has 0 saturated heterocycles. The van der Waals surface area contributed by atoms with Gasteiger partial charge in [-0.05, 0) is 23.8 Å². The molecule has 0 saturated carbocycles. The first-order valence-electron chi connectivity index (χ1n) is 4.06. The van der Waals surface area contributed by atoms with E-state index in [0.717, 1.165) is 24.3 Å². The number of halogens is 4. The summed E-state index contributed by atoms with van der Waals surface area (Å²) in [6.07, 6.45) is -3.90. The molecule has 0 aliphatic rings. The fraction of sp³-hybridized carbons (Fsp3) is 0.100. The number of carboxylic acid groups (broad SMARTS) is 1. The lowest BCUT2D eigenvalue weighted by molar-refractivity contribution is -0.301. The van der Waals surface area contributed by atoms with Crippen LogP contribution in [-0.4, -0.2) is 5.97 Å². The lowest BCUT2D eigenvalue weighted by atomic mass is 10.1. The zero-order valence-corrected chi connectivity index (χ0v) is 7.72. The molecule has 0 atom stereocenters. The van der Waals surface area contributed by atoms with Gasteiger partial charge in [0, 0.05) is 0 Å². The third-order valence-electron chi connectivity index (χ3n) is 1.73. The van der Waals surface area contributed by atoms with Crippen LogP contribution < -0.4 is 5.11 Å². The SMILES string of the molecule is O=C([O-])C(F)=Cc1ccc(C(F)(F)F)cc1. The van der Waals surface area contributed by atoms with Gasteiger partial charge in [-0.25, -0.2) is 4.39 Å². The molecule has 0 aliphatic heterocycles. The van der Waals surface area contributed by atoms with E-state index >= 15 is 0 Å². The molecule has 0 heterocycles. The molecule has 0 radical (unpaired) electrons. The predicted octanol–water partition coefficient (Wildman–Crippen LogP) is 1.77. The molecule has 86 valence electrons. The number of aliphatic carboxylic acids is 1. The summed E-state index contributed by atoms with van der Waals surface area (Å²) in [5, 5.41) is 10.00. The summed E-state index contributed by atoms with van der Waals surface area (Å²) in [6.45, 7) is 0. The maximum atomic E-state index is 12.5. The molecule has 6 heteroatoms. The Kier molecular flexibility index (Phi) is 3.31. The van der Waals surface area contributed by atoms with Crippen molar-refractivity contribution >= 4 is 12.0 Å². The molecule has 0 aliphatic carbocycles. The second kappa shape index (κ2) is 4.34. The van der Waals surface area contributed by atoms with Crippen LogP contribution in [0.15, 0.2) is 30.1 Å². The molecule has 1 aromatic carbocycles. The first-order chi connectivity index (χ1) is 7.30. The minimum Gasteiger partial charge on any atom is -0.542 e. The molecule has 0 bridgehead atoms. The Hall–Kier alpha value is -1.85. The smallest absolute Gasteiger partial charge is 0.416 e. The van der Waals surface area contributed by atoms with Gasteiger partial charge in [-0.1, -0.05) is 12.1 Å². The van der Waals surface area contributed by atoms with Crippen LogP contribution in [0.5, 0.6) is 0 Å². The number of hydrogen-bond acceptors (Lipinski definition) is 2. The van der Waals surface area contributed by atoms with Crippen LogP contribution in [0.2, 0.25) is 0 Å². The van der Waals surface area contributed by atoms with Gasteiger partial charge in [-0.15, -0.1) is 0 Å². The molecular formula is C10H5F4O2-. The summed E-state index contributed by atoms with van der Waals surface area (Å²) in [4.78, 5) is 10.00. The number of hydrogen-bond donors (Lipinski definition) is 0. The Labute approximate surface area is 87.8 Å². The summed E-state index contributed by atoms with van der Waals surface area (Å²) in [7, 11) is 0. The Morgan fingerprint density at radius 1 is 1.19 bits per heavy atom. The number of rotatable bonds is 2. The minimum absolute atomic E-state index is 0.00898.